The van der Waals surface area contributed by atoms with Gasteiger partial charge in [0.2, 0.25) is 0 Å². The van der Waals surface area contributed by atoms with E-state index in [9.17, 15) is 9.18 Å². The molecule has 0 aliphatic heterocycles. The standard InChI is InChI=1S/C17H16FNO3S/c1-23-13-5-2-11(3-6-13)12-4-7-14(15(18)10-12)16(19-22)8-9-17(20)21/h2-7,10,22H,8-9H2,1H3,(H,20,21). The van der Waals surface area contributed by atoms with E-state index >= 15 is 0 Å². The number of nitrogens with zero attached hydrogens (tertiary/aromatic N) is 1. The zero-order valence-corrected chi connectivity index (χ0v) is 13.3. The molecule has 6 heteroatoms. The summed E-state index contributed by atoms with van der Waals surface area (Å²) >= 11 is 1.63. The monoisotopic (exact) mass is 333 g/mol. The van der Waals surface area contributed by atoms with Crippen LogP contribution < -0.4 is 0 Å². The quantitative estimate of drug-likeness (QED) is 0.359. The normalized spacial score (nSPS) is 11.5. The molecular weight excluding hydrogens is 317 g/mol. The molecule has 0 aromatic heterocycles. The number of benzene rings is 2. The molecule has 0 radical (unpaired) electrons. The van der Waals surface area contributed by atoms with Gasteiger partial charge in [-0.3, -0.25) is 4.79 Å². The van der Waals surface area contributed by atoms with Crippen LogP contribution in [0.5, 0.6) is 0 Å². The molecule has 0 amide bonds. The second-order valence-electron chi connectivity index (χ2n) is 4.86. The average molecular weight is 333 g/mol. The second kappa shape index (κ2) is 7.78. The first kappa shape index (κ1) is 17.0. The predicted molar refractivity (Wildman–Crippen MR) is 88.8 cm³/mol. The Balaban J connectivity index is 2.27. The minimum atomic E-state index is -1.03. The van der Waals surface area contributed by atoms with Gasteiger partial charge in [0, 0.05) is 16.9 Å². The van der Waals surface area contributed by atoms with Gasteiger partial charge in [-0.15, -0.1) is 11.8 Å². The molecule has 0 fully saturated rings. The van der Waals surface area contributed by atoms with Crippen LogP contribution in [-0.2, 0) is 4.79 Å². The van der Waals surface area contributed by atoms with E-state index in [4.69, 9.17) is 10.3 Å². The number of thioether (sulfide) groups is 1. The Bertz CT molecular complexity index is 729. The molecule has 2 aromatic carbocycles. The molecule has 0 aliphatic rings. The SMILES string of the molecule is CSc1ccc(-c2ccc(C(CCC(=O)O)=NO)c(F)c2)cc1. The molecule has 120 valence electrons. The Kier molecular flexibility index (Phi) is 5.76. The molecular formula is C17H16FNO3S. The third-order valence-electron chi connectivity index (χ3n) is 3.40. The lowest BCUT2D eigenvalue weighted by Gasteiger charge is -2.08. The van der Waals surface area contributed by atoms with Crippen LogP contribution in [0.25, 0.3) is 11.1 Å². The highest BCUT2D eigenvalue weighted by Crippen LogP contribution is 2.25. The van der Waals surface area contributed by atoms with Crippen molar-refractivity contribution in [2.24, 2.45) is 5.16 Å². The number of aliphatic carboxylic acids is 1. The van der Waals surface area contributed by atoms with Gasteiger partial charge in [-0.05, 0) is 41.6 Å². The van der Waals surface area contributed by atoms with Crippen molar-refractivity contribution in [1.82, 2.24) is 0 Å². The summed E-state index contributed by atoms with van der Waals surface area (Å²) in [7, 11) is 0. The third-order valence-corrected chi connectivity index (χ3v) is 4.14. The van der Waals surface area contributed by atoms with Gasteiger partial charge < -0.3 is 10.3 Å². The first-order valence-corrected chi connectivity index (χ1v) is 8.14. The van der Waals surface area contributed by atoms with Gasteiger partial charge in [0.05, 0.1) is 12.1 Å². The molecule has 23 heavy (non-hydrogen) atoms. The zero-order valence-electron chi connectivity index (χ0n) is 12.5. The number of carbonyl (C=O) groups is 1. The van der Waals surface area contributed by atoms with Crippen molar-refractivity contribution >= 4 is 23.4 Å². The highest BCUT2D eigenvalue weighted by Gasteiger charge is 2.13. The molecule has 2 rings (SSSR count). The van der Waals surface area contributed by atoms with Crippen LogP contribution in [0.3, 0.4) is 0 Å². The molecule has 0 spiro atoms. The van der Waals surface area contributed by atoms with Crippen LogP contribution in [-0.4, -0.2) is 28.3 Å². The van der Waals surface area contributed by atoms with Gasteiger partial charge in [0.15, 0.2) is 0 Å². The zero-order chi connectivity index (χ0) is 16.8. The number of carboxylic acid groups (broad SMARTS) is 1. The fraction of sp³-hybridized carbons (Fsp3) is 0.176. The van der Waals surface area contributed by atoms with Crippen molar-refractivity contribution in [3.05, 3.63) is 53.8 Å². The van der Waals surface area contributed by atoms with Crippen molar-refractivity contribution in [3.63, 3.8) is 0 Å². The molecule has 2 aromatic rings. The minimum absolute atomic E-state index is 0.0224. The number of carboxylic acids is 1. The molecule has 0 saturated heterocycles. The van der Waals surface area contributed by atoms with Crippen LogP contribution >= 0.6 is 11.8 Å². The largest absolute Gasteiger partial charge is 0.481 e. The van der Waals surface area contributed by atoms with E-state index in [1.54, 1.807) is 17.8 Å². The van der Waals surface area contributed by atoms with E-state index in [1.807, 2.05) is 30.5 Å². The van der Waals surface area contributed by atoms with Crippen LogP contribution in [0.2, 0.25) is 0 Å². The number of oxime groups is 1. The van der Waals surface area contributed by atoms with Crippen LogP contribution in [0.15, 0.2) is 52.5 Å². The van der Waals surface area contributed by atoms with Gasteiger partial charge in [-0.2, -0.15) is 0 Å². The molecule has 0 atom stereocenters. The van der Waals surface area contributed by atoms with E-state index in [0.717, 1.165) is 10.5 Å². The molecule has 0 heterocycles. The predicted octanol–water partition coefficient (Wildman–Crippen LogP) is 4.26. The maximum absolute atomic E-state index is 14.3. The van der Waals surface area contributed by atoms with Crippen LogP contribution in [0, 0.1) is 5.82 Å². The maximum atomic E-state index is 14.3. The van der Waals surface area contributed by atoms with Crippen molar-refractivity contribution in [1.29, 1.82) is 0 Å². The maximum Gasteiger partial charge on any atom is 0.303 e. The smallest absolute Gasteiger partial charge is 0.303 e. The summed E-state index contributed by atoms with van der Waals surface area (Å²) in [4.78, 5) is 11.7. The topological polar surface area (TPSA) is 69.9 Å². The third kappa shape index (κ3) is 4.32. The van der Waals surface area contributed by atoms with Crippen molar-refractivity contribution in [2.45, 2.75) is 17.7 Å². The van der Waals surface area contributed by atoms with Crippen LogP contribution in [0.4, 0.5) is 4.39 Å². The summed E-state index contributed by atoms with van der Waals surface area (Å²) in [6.45, 7) is 0. The van der Waals surface area contributed by atoms with Gasteiger partial charge in [0.25, 0.3) is 0 Å². The Morgan fingerprint density at radius 3 is 2.30 bits per heavy atom. The summed E-state index contributed by atoms with van der Waals surface area (Å²) in [6, 6.07) is 12.3. The lowest BCUT2D eigenvalue weighted by Crippen LogP contribution is -2.07. The summed E-state index contributed by atoms with van der Waals surface area (Å²) < 4.78 is 14.3. The fourth-order valence-corrected chi connectivity index (χ4v) is 2.58. The van der Waals surface area contributed by atoms with Crippen molar-refractivity contribution in [3.8, 4) is 11.1 Å². The Morgan fingerprint density at radius 1 is 1.13 bits per heavy atom. The number of halogens is 1. The molecule has 0 aliphatic carbocycles. The lowest BCUT2D eigenvalue weighted by molar-refractivity contribution is -0.136. The lowest BCUT2D eigenvalue weighted by atomic mass is 9.99. The van der Waals surface area contributed by atoms with E-state index in [2.05, 4.69) is 5.16 Å². The Morgan fingerprint density at radius 2 is 1.78 bits per heavy atom. The Hall–Kier alpha value is -2.34. The van der Waals surface area contributed by atoms with Gasteiger partial charge in [-0.25, -0.2) is 4.39 Å². The van der Waals surface area contributed by atoms with Gasteiger partial charge in [0.1, 0.15) is 5.82 Å². The van der Waals surface area contributed by atoms with Crippen molar-refractivity contribution in [2.75, 3.05) is 6.26 Å². The van der Waals surface area contributed by atoms with Gasteiger partial charge >= 0.3 is 5.97 Å². The molecule has 2 N–H and O–H groups in total. The summed E-state index contributed by atoms with van der Waals surface area (Å²) in [5, 5.41) is 20.7. The number of hydrogen-bond donors (Lipinski definition) is 2. The van der Waals surface area contributed by atoms with E-state index in [1.165, 1.54) is 12.1 Å². The summed E-state index contributed by atoms with van der Waals surface area (Å²) in [6.07, 6.45) is 1.72. The number of rotatable bonds is 6. The molecule has 4 nitrogen and oxygen atoms in total. The fourth-order valence-electron chi connectivity index (χ4n) is 2.18. The first-order chi connectivity index (χ1) is 11.0. The number of hydrogen-bond acceptors (Lipinski definition) is 4. The highest BCUT2D eigenvalue weighted by molar-refractivity contribution is 7.98. The molecule has 0 unspecified atom stereocenters. The first-order valence-electron chi connectivity index (χ1n) is 6.92. The van der Waals surface area contributed by atoms with E-state index in [0.29, 0.717) is 5.56 Å². The van der Waals surface area contributed by atoms with Gasteiger partial charge in [-0.1, -0.05) is 23.4 Å². The molecule has 0 bridgehead atoms. The van der Waals surface area contributed by atoms with Crippen molar-refractivity contribution < 1.29 is 19.5 Å². The summed E-state index contributed by atoms with van der Waals surface area (Å²) in [5.41, 5.74) is 1.71. The Labute approximate surface area is 137 Å². The summed E-state index contributed by atoms with van der Waals surface area (Å²) in [5.74, 6) is -1.58. The average Bonchev–Trinajstić information content (AvgIpc) is 2.56. The highest BCUT2D eigenvalue weighted by atomic mass is 32.2. The second-order valence-corrected chi connectivity index (χ2v) is 5.74. The van der Waals surface area contributed by atoms with E-state index < -0.39 is 11.8 Å². The van der Waals surface area contributed by atoms with Crippen LogP contribution in [0.1, 0.15) is 18.4 Å². The minimum Gasteiger partial charge on any atom is -0.481 e. The van der Waals surface area contributed by atoms with E-state index in [-0.39, 0.29) is 24.1 Å². The molecule has 0 saturated carbocycles.